The predicted molar refractivity (Wildman–Crippen MR) is 136 cm³/mol. The molecule has 3 aromatic carbocycles. The number of anilines is 2. The van der Waals surface area contributed by atoms with E-state index in [2.05, 4.69) is 10.6 Å². The normalized spacial score (nSPS) is 10.4. The number of aryl methyl sites for hydroxylation is 1. The van der Waals surface area contributed by atoms with Crippen molar-refractivity contribution < 1.29 is 23.9 Å². The Morgan fingerprint density at radius 2 is 1.43 bits per heavy atom. The van der Waals surface area contributed by atoms with Crippen LogP contribution >= 0.6 is 23.2 Å². The molecule has 0 aliphatic rings. The molecular weight excluding hydrogens is 491 g/mol. The second kappa shape index (κ2) is 12.8. The van der Waals surface area contributed by atoms with E-state index in [-0.39, 0.29) is 25.4 Å². The molecule has 0 bridgehead atoms. The van der Waals surface area contributed by atoms with Crippen LogP contribution in [0.5, 0.6) is 11.5 Å². The van der Waals surface area contributed by atoms with Crippen molar-refractivity contribution in [1.82, 2.24) is 0 Å². The zero-order valence-electron chi connectivity index (χ0n) is 19.0. The van der Waals surface area contributed by atoms with E-state index in [1.54, 1.807) is 54.6 Å². The van der Waals surface area contributed by atoms with Crippen molar-refractivity contribution in [2.45, 2.75) is 26.2 Å². The Labute approximate surface area is 213 Å². The number of amides is 2. The maximum Gasteiger partial charge on any atom is 0.306 e. The van der Waals surface area contributed by atoms with Crippen molar-refractivity contribution in [3.8, 4) is 11.5 Å². The van der Waals surface area contributed by atoms with Gasteiger partial charge in [0.2, 0.25) is 5.91 Å². The molecule has 182 valence electrons. The highest BCUT2D eigenvalue weighted by atomic mass is 35.5. The van der Waals surface area contributed by atoms with Crippen LogP contribution in [0, 0.1) is 6.92 Å². The van der Waals surface area contributed by atoms with Gasteiger partial charge >= 0.3 is 5.97 Å². The summed E-state index contributed by atoms with van der Waals surface area (Å²) in [6.45, 7) is 1.56. The molecule has 0 aromatic heterocycles. The van der Waals surface area contributed by atoms with Crippen LogP contribution in [-0.2, 0) is 19.1 Å². The average Bonchev–Trinajstić information content (AvgIpc) is 2.82. The SMILES string of the molecule is Cc1ccc(NC(=O)COC(=O)CCCC(=O)Nc2ccc(Oc3ccc(Cl)cc3Cl)cc2)cc1. The van der Waals surface area contributed by atoms with E-state index in [0.717, 1.165) is 5.56 Å². The third-order valence-electron chi connectivity index (χ3n) is 4.74. The van der Waals surface area contributed by atoms with Gasteiger partial charge in [0.25, 0.3) is 5.91 Å². The number of hydrogen-bond acceptors (Lipinski definition) is 5. The first-order valence-corrected chi connectivity index (χ1v) is 11.6. The van der Waals surface area contributed by atoms with Crippen molar-refractivity contribution in [2.24, 2.45) is 0 Å². The minimum atomic E-state index is -0.542. The van der Waals surface area contributed by atoms with Gasteiger partial charge in [-0.3, -0.25) is 14.4 Å². The Morgan fingerprint density at radius 1 is 0.800 bits per heavy atom. The fraction of sp³-hybridized carbons (Fsp3) is 0.192. The first kappa shape index (κ1) is 26.1. The second-order valence-corrected chi connectivity index (χ2v) is 8.52. The minimum absolute atomic E-state index is 0.0276. The van der Waals surface area contributed by atoms with Crippen LogP contribution < -0.4 is 15.4 Å². The minimum Gasteiger partial charge on any atom is -0.456 e. The average molecular weight is 515 g/mol. The highest BCUT2D eigenvalue weighted by molar-refractivity contribution is 6.35. The van der Waals surface area contributed by atoms with E-state index in [0.29, 0.717) is 39.3 Å². The van der Waals surface area contributed by atoms with Crippen LogP contribution in [0.25, 0.3) is 0 Å². The molecule has 0 atom stereocenters. The molecule has 0 radical (unpaired) electrons. The summed E-state index contributed by atoms with van der Waals surface area (Å²) in [6.07, 6.45) is 0.448. The molecule has 9 heteroatoms. The van der Waals surface area contributed by atoms with Gasteiger partial charge in [-0.05, 0) is 67.9 Å². The molecule has 35 heavy (non-hydrogen) atoms. The molecule has 0 spiro atoms. The number of nitrogens with one attached hydrogen (secondary N) is 2. The van der Waals surface area contributed by atoms with Crippen molar-refractivity contribution in [3.63, 3.8) is 0 Å². The molecule has 0 unspecified atom stereocenters. The molecule has 2 N–H and O–H groups in total. The molecule has 7 nitrogen and oxygen atoms in total. The lowest BCUT2D eigenvalue weighted by atomic mass is 10.2. The fourth-order valence-corrected chi connectivity index (χ4v) is 3.41. The van der Waals surface area contributed by atoms with Crippen molar-refractivity contribution in [1.29, 1.82) is 0 Å². The van der Waals surface area contributed by atoms with Gasteiger partial charge in [0.1, 0.15) is 11.5 Å². The van der Waals surface area contributed by atoms with Gasteiger partial charge < -0.3 is 20.1 Å². The summed E-state index contributed by atoms with van der Waals surface area (Å²) in [6, 6.07) is 19.0. The molecule has 0 heterocycles. The number of carbonyl (C=O) groups is 3. The summed E-state index contributed by atoms with van der Waals surface area (Å²) in [5.74, 6) is -0.206. The van der Waals surface area contributed by atoms with Gasteiger partial charge in [-0.25, -0.2) is 0 Å². The van der Waals surface area contributed by atoms with E-state index >= 15 is 0 Å². The molecule has 3 aromatic rings. The quantitative estimate of drug-likeness (QED) is 0.306. The van der Waals surface area contributed by atoms with E-state index < -0.39 is 11.9 Å². The van der Waals surface area contributed by atoms with E-state index in [1.165, 1.54) is 0 Å². The molecule has 2 amide bonds. The highest BCUT2D eigenvalue weighted by Crippen LogP contribution is 2.32. The third kappa shape index (κ3) is 8.96. The van der Waals surface area contributed by atoms with Gasteiger partial charge in [-0.1, -0.05) is 40.9 Å². The molecule has 0 aliphatic heterocycles. The standard InChI is InChI=1S/C26H24Cl2N2O5/c1-17-5-8-19(9-6-17)30-25(32)16-34-26(33)4-2-3-24(31)29-20-10-12-21(13-11-20)35-23-14-7-18(27)15-22(23)28/h5-15H,2-4,16H2,1H3,(H,29,31)(H,30,32). The lowest BCUT2D eigenvalue weighted by Crippen LogP contribution is -2.21. The summed E-state index contributed by atoms with van der Waals surface area (Å²) < 4.78 is 10.7. The number of benzene rings is 3. The van der Waals surface area contributed by atoms with Crippen molar-refractivity contribution in [3.05, 3.63) is 82.3 Å². The molecule has 0 saturated heterocycles. The Hall–Kier alpha value is -3.55. The maximum atomic E-state index is 12.2. The first-order chi connectivity index (χ1) is 16.8. The monoisotopic (exact) mass is 514 g/mol. The summed E-state index contributed by atoms with van der Waals surface area (Å²) in [5.41, 5.74) is 2.28. The number of rotatable bonds is 10. The van der Waals surface area contributed by atoms with Gasteiger partial charge in [0, 0.05) is 29.2 Å². The molecule has 3 rings (SSSR count). The Kier molecular flexibility index (Phi) is 9.52. The zero-order chi connectivity index (χ0) is 25.2. The van der Waals surface area contributed by atoms with Gasteiger partial charge in [-0.2, -0.15) is 0 Å². The maximum absolute atomic E-state index is 12.2. The Balaban J connectivity index is 1.34. The summed E-state index contributed by atoms with van der Waals surface area (Å²) in [7, 11) is 0. The van der Waals surface area contributed by atoms with Gasteiger partial charge in [0.15, 0.2) is 6.61 Å². The van der Waals surface area contributed by atoms with Crippen molar-refractivity contribution in [2.75, 3.05) is 17.2 Å². The number of carbonyl (C=O) groups excluding carboxylic acids is 3. The third-order valence-corrected chi connectivity index (χ3v) is 5.27. The van der Waals surface area contributed by atoms with Crippen LogP contribution in [0.1, 0.15) is 24.8 Å². The number of ether oxygens (including phenoxy) is 2. The Morgan fingerprint density at radius 3 is 2.09 bits per heavy atom. The summed E-state index contributed by atoms with van der Waals surface area (Å²) in [5, 5.41) is 6.30. The Bertz CT molecular complexity index is 1180. The molecule has 0 aliphatic carbocycles. The van der Waals surface area contributed by atoms with Crippen LogP contribution in [0.2, 0.25) is 10.0 Å². The van der Waals surface area contributed by atoms with E-state index in [4.69, 9.17) is 32.7 Å². The molecule has 0 fully saturated rings. The summed E-state index contributed by atoms with van der Waals surface area (Å²) >= 11 is 12.0. The summed E-state index contributed by atoms with van der Waals surface area (Å²) in [4.78, 5) is 35.9. The van der Waals surface area contributed by atoms with Gasteiger partial charge in [-0.15, -0.1) is 0 Å². The topological polar surface area (TPSA) is 93.7 Å². The van der Waals surface area contributed by atoms with Gasteiger partial charge in [0.05, 0.1) is 5.02 Å². The number of hydrogen-bond donors (Lipinski definition) is 2. The zero-order valence-corrected chi connectivity index (χ0v) is 20.5. The fourth-order valence-electron chi connectivity index (χ4n) is 2.96. The lowest BCUT2D eigenvalue weighted by Gasteiger charge is -2.09. The van der Waals surface area contributed by atoms with E-state index in [9.17, 15) is 14.4 Å². The van der Waals surface area contributed by atoms with Crippen molar-refractivity contribution >= 4 is 52.4 Å². The first-order valence-electron chi connectivity index (χ1n) is 10.8. The number of halogens is 2. The molecule has 0 saturated carbocycles. The van der Waals surface area contributed by atoms with Crippen LogP contribution in [0.3, 0.4) is 0 Å². The predicted octanol–water partition coefficient (Wildman–Crippen LogP) is 6.38. The second-order valence-electron chi connectivity index (χ2n) is 7.68. The largest absolute Gasteiger partial charge is 0.456 e. The smallest absolute Gasteiger partial charge is 0.306 e. The number of esters is 1. The highest BCUT2D eigenvalue weighted by Gasteiger charge is 2.10. The molecular formula is C26H24Cl2N2O5. The van der Waals surface area contributed by atoms with Crippen LogP contribution in [0.4, 0.5) is 11.4 Å². The van der Waals surface area contributed by atoms with E-state index in [1.807, 2.05) is 19.1 Å². The van der Waals surface area contributed by atoms with Crippen LogP contribution in [0.15, 0.2) is 66.7 Å². The lowest BCUT2D eigenvalue weighted by molar-refractivity contribution is -0.147. The van der Waals surface area contributed by atoms with Crippen LogP contribution in [-0.4, -0.2) is 24.4 Å².